The maximum atomic E-state index is 11.9. The van der Waals surface area contributed by atoms with E-state index in [0.717, 1.165) is 25.3 Å². The molecule has 1 unspecified atom stereocenters. The lowest BCUT2D eigenvalue weighted by molar-refractivity contribution is -0.150. The van der Waals surface area contributed by atoms with Crippen molar-refractivity contribution in [1.82, 2.24) is 10.2 Å². The van der Waals surface area contributed by atoms with Crippen molar-refractivity contribution in [3.05, 3.63) is 0 Å². The third-order valence-electron chi connectivity index (χ3n) is 3.76. The molecule has 1 N–H and O–H groups in total. The predicted molar refractivity (Wildman–Crippen MR) is 73.6 cm³/mol. The van der Waals surface area contributed by atoms with Crippen molar-refractivity contribution in [1.29, 1.82) is 0 Å². The van der Waals surface area contributed by atoms with Gasteiger partial charge < -0.3 is 15.0 Å². The van der Waals surface area contributed by atoms with Crippen LogP contribution in [0.15, 0.2) is 0 Å². The average Bonchev–Trinajstić information content (AvgIpc) is 3.12. The van der Waals surface area contributed by atoms with Gasteiger partial charge in [-0.15, -0.1) is 0 Å². The predicted octanol–water partition coefficient (Wildman–Crippen LogP) is 1.65. The van der Waals surface area contributed by atoms with E-state index in [1.807, 2.05) is 20.9 Å². The second-order valence-corrected chi connectivity index (χ2v) is 5.61. The lowest BCUT2D eigenvalue weighted by atomic mass is 9.96. The number of hydrogen-bond donors (Lipinski definition) is 1. The smallest absolute Gasteiger partial charge is 0.326 e. The minimum Gasteiger partial charge on any atom is -0.465 e. The number of esters is 1. The van der Waals surface area contributed by atoms with E-state index in [1.54, 1.807) is 0 Å². The summed E-state index contributed by atoms with van der Waals surface area (Å²) in [5.41, 5.74) is -0.545. The van der Waals surface area contributed by atoms with E-state index in [0.29, 0.717) is 6.61 Å². The largest absolute Gasteiger partial charge is 0.465 e. The van der Waals surface area contributed by atoms with Crippen molar-refractivity contribution in [2.45, 2.75) is 45.1 Å². The highest BCUT2D eigenvalue weighted by molar-refractivity contribution is 5.80. The standard InChI is InChI=1S/C14H28N2O2/c1-5-18-13(17)14(2,15-3)9-6-10-16(4)11-12-7-8-12/h12,15H,5-11H2,1-4H3. The zero-order chi connectivity index (χ0) is 13.6. The number of ether oxygens (including phenoxy) is 1. The highest BCUT2D eigenvalue weighted by atomic mass is 16.5. The van der Waals surface area contributed by atoms with Gasteiger partial charge in [-0.1, -0.05) is 0 Å². The number of hydrogen-bond acceptors (Lipinski definition) is 4. The van der Waals surface area contributed by atoms with Gasteiger partial charge in [0.15, 0.2) is 0 Å². The van der Waals surface area contributed by atoms with E-state index in [-0.39, 0.29) is 5.97 Å². The number of carbonyl (C=O) groups excluding carboxylic acids is 1. The summed E-state index contributed by atoms with van der Waals surface area (Å²) in [6, 6.07) is 0. The first kappa shape index (κ1) is 15.4. The van der Waals surface area contributed by atoms with E-state index >= 15 is 0 Å². The molecule has 0 aliphatic heterocycles. The highest BCUT2D eigenvalue weighted by Gasteiger charge is 2.32. The Labute approximate surface area is 111 Å². The Balaban J connectivity index is 2.26. The Hall–Kier alpha value is -0.610. The first-order valence-corrected chi connectivity index (χ1v) is 7.06. The fraction of sp³-hybridized carbons (Fsp3) is 0.929. The maximum absolute atomic E-state index is 11.9. The van der Waals surface area contributed by atoms with Crippen LogP contribution in [0.2, 0.25) is 0 Å². The van der Waals surface area contributed by atoms with E-state index < -0.39 is 5.54 Å². The molecule has 0 radical (unpaired) electrons. The Bertz CT molecular complexity index is 267. The third-order valence-corrected chi connectivity index (χ3v) is 3.76. The molecule has 0 bridgehead atoms. The maximum Gasteiger partial charge on any atom is 0.326 e. The molecule has 1 atom stereocenters. The van der Waals surface area contributed by atoms with Crippen molar-refractivity contribution in [2.75, 3.05) is 33.8 Å². The van der Waals surface area contributed by atoms with Gasteiger partial charge in [-0.05, 0) is 66.1 Å². The van der Waals surface area contributed by atoms with Crippen molar-refractivity contribution < 1.29 is 9.53 Å². The molecule has 0 saturated heterocycles. The van der Waals surface area contributed by atoms with Gasteiger partial charge in [-0.3, -0.25) is 4.79 Å². The summed E-state index contributed by atoms with van der Waals surface area (Å²) in [6.07, 6.45) is 4.61. The molecule has 1 aliphatic rings. The van der Waals surface area contributed by atoms with Gasteiger partial charge in [0, 0.05) is 6.54 Å². The van der Waals surface area contributed by atoms with E-state index in [9.17, 15) is 4.79 Å². The zero-order valence-corrected chi connectivity index (χ0v) is 12.3. The summed E-state index contributed by atoms with van der Waals surface area (Å²) < 4.78 is 5.11. The van der Waals surface area contributed by atoms with Gasteiger partial charge in [-0.2, -0.15) is 0 Å². The Morgan fingerprint density at radius 2 is 2.17 bits per heavy atom. The van der Waals surface area contributed by atoms with Crippen molar-refractivity contribution in [2.24, 2.45) is 5.92 Å². The first-order valence-electron chi connectivity index (χ1n) is 7.06. The van der Waals surface area contributed by atoms with E-state index in [4.69, 9.17) is 4.74 Å². The molecule has 1 saturated carbocycles. The van der Waals surface area contributed by atoms with Crippen molar-refractivity contribution >= 4 is 5.97 Å². The fourth-order valence-electron chi connectivity index (χ4n) is 2.15. The van der Waals surface area contributed by atoms with Crippen LogP contribution in [0, 0.1) is 5.92 Å². The van der Waals surface area contributed by atoms with Crippen LogP contribution in [-0.4, -0.2) is 50.2 Å². The van der Waals surface area contributed by atoms with Gasteiger partial charge in [0.1, 0.15) is 5.54 Å². The Kier molecular flexibility index (Phi) is 6.09. The molecule has 0 aromatic heterocycles. The summed E-state index contributed by atoms with van der Waals surface area (Å²) in [4.78, 5) is 14.2. The van der Waals surface area contributed by atoms with Gasteiger partial charge in [0.2, 0.25) is 0 Å². The number of nitrogens with one attached hydrogen (secondary N) is 1. The molecule has 0 spiro atoms. The van der Waals surface area contributed by atoms with Crippen LogP contribution < -0.4 is 5.32 Å². The van der Waals surface area contributed by atoms with Gasteiger partial charge in [0.05, 0.1) is 6.61 Å². The molecule has 0 aromatic carbocycles. The minimum atomic E-state index is -0.545. The van der Waals surface area contributed by atoms with Crippen LogP contribution in [0.25, 0.3) is 0 Å². The number of rotatable bonds is 9. The lowest BCUT2D eigenvalue weighted by Gasteiger charge is -2.27. The SMILES string of the molecule is CCOC(=O)C(C)(CCCN(C)CC1CC1)NC. The molecule has 4 nitrogen and oxygen atoms in total. The molecule has 1 aliphatic carbocycles. The van der Waals surface area contributed by atoms with Crippen LogP contribution in [0.3, 0.4) is 0 Å². The fourth-order valence-corrected chi connectivity index (χ4v) is 2.15. The number of likely N-dealkylation sites (N-methyl/N-ethyl adjacent to an activating group) is 1. The summed E-state index contributed by atoms with van der Waals surface area (Å²) in [7, 11) is 3.99. The molecule has 0 amide bonds. The average molecular weight is 256 g/mol. The van der Waals surface area contributed by atoms with Crippen LogP contribution in [0.4, 0.5) is 0 Å². The summed E-state index contributed by atoms with van der Waals surface area (Å²) in [6.45, 7) is 6.46. The van der Waals surface area contributed by atoms with Gasteiger partial charge in [-0.25, -0.2) is 0 Å². The molecule has 1 rings (SSSR count). The molecule has 0 aromatic rings. The Morgan fingerprint density at radius 1 is 1.50 bits per heavy atom. The van der Waals surface area contributed by atoms with Crippen LogP contribution >= 0.6 is 0 Å². The molecule has 1 fully saturated rings. The monoisotopic (exact) mass is 256 g/mol. The van der Waals surface area contributed by atoms with Crippen LogP contribution in [0.5, 0.6) is 0 Å². The van der Waals surface area contributed by atoms with E-state index in [1.165, 1.54) is 19.4 Å². The second kappa shape index (κ2) is 7.10. The molecule has 106 valence electrons. The quantitative estimate of drug-likeness (QED) is 0.637. The van der Waals surface area contributed by atoms with Crippen molar-refractivity contribution in [3.63, 3.8) is 0 Å². The van der Waals surface area contributed by atoms with Gasteiger partial charge >= 0.3 is 5.97 Å². The molecule has 18 heavy (non-hydrogen) atoms. The summed E-state index contributed by atoms with van der Waals surface area (Å²) >= 11 is 0. The first-order chi connectivity index (χ1) is 8.51. The normalized spacial score (nSPS) is 18.7. The van der Waals surface area contributed by atoms with Crippen LogP contribution in [-0.2, 0) is 9.53 Å². The Morgan fingerprint density at radius 3 is 2.67 bits per heavy atom. The van der Waals surface area contributed by atoms with Gasteiger partial charge in [0.25, 0.3) is 0 Å². The topological polar surface area (TPSA) is 41.6 Å². The summed E-state index contributed by atoms with van der Waals surface area (Å²) in [5, 5.41) is 3.10. The van der Waals surface area contributed by atoms with E-state index in [2.05, 4.69) is 17.3 Å². The lowest BCUT2D eigenvalue weighted by Crippen LogP contribution is -2.49. The molecular formula is C14H28N2O2. The van der Waals surface area contributed by atoms with Crippen LogP contribution in [0.1, 0.15) is 39.5 Å². The van der Waals surface area contributed by atoms with Crippen molar-refractivity contribution in [3.8, 4) is 0 Å². The summed E-state index contributed by atoms with van der Waals surface area (Å²) in [5.74, 6) is 0.785. The number of nitrogens with zero attached hydrogens (tertiary/aromatic N) is 1. The second-order valence-electron chi connectivity index (χ2n) is 5.61. The molecule has 4 heteroatoms. The third kappa shape index (κ3) is 4.94. The molecular weight excluding hydrogens is 228 g/mol. The molecule has 0 heterocycles. The minimum absolute atomic E-state index is 0.141. The highest BCUT2D eigenvalue weighted by Crippen LogP contribution is 2.29. The number of carbonyl (C=O) groups is 1. The zero-order valence-electron chi connectivity index (χ0n) is 12.3.